The van der Waals surface area contributed by atoms with E-state index in [4.69, 9.17) is 0 Å². The summed E-state index contributed by atoms with van der Waals surface area (Å²) < 4.78 is 15.1. The normalized spacial score (nSPS) is 10.3. The Morgan fingerprint density at radius 3 is 2.85 bits per heavy atom. The van der Waals surface area contributed by atoms with Crippen molar-refractivity contribution in [3.8, 4) is 5.82 Å². The zero-order valence-corrected chi connectivity index (χ0v) is 8.07. The Labute approximate surface area is 82.4 Å². The molecule has 0 unspecified atom stereocenters. The van der Waals surface area contributed by atoms with Gasteiger partial charge in [-0.3, -0.25) is 4.57 Å². The molecule has 0 aliphatic rings. The average Bonchev–Trinajstić information content (AvgIpc) is 2.52. The molecular formula is C8H5BrFN3. The van der Waals surface area contributed by atoms with Gasteiger partial charge in [0.15, 0.2) is 0 Å². The van der Waals surface area contributed by atoms with Gasteiger partial charge in [0, 0.05) is 18.5 Å². The lowest BCUT2D eigenvalue weighted by Gasteiger charge is -1.98. The monoisotopic (exact) mass is 241 g/mol. The quantitative estimate of drug-likeness (QED) is 0.767. The SMILES string of the molecule is Fc1ccnc(-n2cnc(Br)c2)c1. The summed E-state index contributed by atoms with van der Waals surface area (Å²) in [6.45, 7) is 0. The summed E-state index contributed by atoms with van der Waals surface area (Å²) in [5.41, 5.74) is 0. The summed E-state index contributed by atoms with van der Waals surface area (Å²) in [5, 5.41) is 0. The standard InChI is InChI=1S/C8H5BrFN3/c9-7-4-13(5-12-7)8-3-6(10)1-2-11-8/h1-5H. The first-order chi connectivity index (χ1) is 6.25. The summed E-state index contributed by atoms with van der Waals surface area (Å²) in [7, 11) is 0. The molecule has 0 N–H and O–H groups in total. The lowest BCUT2D eigenvalue weighted by Crippen LogP contribution is -1.93. The van der Waals surface area contributed by atoms with Gasteiger partial charge < -0.3 is 0 Å². The number of aromatic nitrogens is 3. The third-order valence-corrected chi connectivity index (χ3v) is 1.93. The topological polar surface area (TPSA) is 30.7 Å². The zero-order chi connectivity index (χ0) is 9.26. The Morgan fingerprint density at radius 2 is 2.23 bits per heavy atom. The molecule has 0 aliphatic carbocycles. The highest BCUT2D eigenvalue weighted by Gasteiger charge is 2.00. The van der Waals surface area contributed by atoms with E-state index in [0.29, 0.717) is 10.4 Å². The minimum atomic E-state index is -0.310. The molecule has 2 aromatic rings. The Hall–Kier alpha value is -1.23. The fourth-order valence-corrected chi connectivity index (χ4v) is 1.27. The highest BCUT2D eigenvalue weighted by Crippen LogP contribution is 2.10. The first-order valence-corrected chi connectivity index (χ1v) is 4.36. The van der Waals surface area contributed by atoms with Crippen molar-refractivity contribution in [3.05, 3.63) is 41.3 Å². The average molecular weight is 242 g/mol. The maximum atomic E-state index is 12.8. The molecule has 13 heavy (non-hydrogen) atoms. The third kappa shape index (κ3) is 1.75. The largest absolute Gasteiger partial charge is 0.289 e. The van der Waals surface area contributed by atoms with Gasteiger partial charge in [-0.05, 0) is 22.0 Å². The van der Waals surface area contributed by atoms with Crippen LogP contribution in [0.15, 0.2) is 35.5 Å². The van der Waals surface area contributed by atoms with Crippen LogP contribution in [0.2, 0.25) is 0 Å². The Balaban J connectivity index is 2.46. The lowest BCUT2D eigenvalue weighted by atomic mass is 10.4. The van der Waals surface area contributed by atoms with Crippen LogP contribution in [-0.4, -0.2) is 14.5 Å². The van der Waals surface area contributed by atoms with E-state index >= 15 is 0 Å². The molecule has 3 nitrogen and oxygen atoms in total. The van der Waals surface area contributed by atoms with Crippen molar-refractivity contribution in [3.63, 3.8) is 0 Å². The molecule has 0 saturated carbocycles. The molecule has 0 radical (unpaired) electrons. The molecule has 2 rings (SSSR count). The summed E-state index contributed by atoms with van der Waals surface area (Å²) in [6, 6.07) is 2.64. The number of nitrogens with zero attached hydrogens (tertiary/aromatic N) is 3. The number of pyridine rings is 1. The molecule has 0 fully saturated rings. The van der Waals surface area contributed by atoms with Crippen LogP contribution in [-0.2, 0) is 0 Å². The number of hydrogen-bond donors (Lipinski definition) is 0. The molecule has 0 amide bonds. The van der Waals surface area contributed by atoms with Gasteiger partial charge in [0.25, 0.3) is 0 Å². The van der Waals surface area contributed by atoms with Crippen molar-refractivity contribution in [2.45, 2.75) is 0 Å². The van der Waals surface area contributed by atoms with Crippen LogP contribution in [0.25, 0.3) is 5.82 Å². The van der Waals surface area contributed by atoms with E-state index < -0.39 is 0 Å². The van der Waals surface area contributed by atoms with E-state index in [1.54, 1.807) is 17.1 Å². The van der Waals surface area contributed by atoms with E-state index in [-0.39, 0.29) is 5.82 Å². The number of hydrogen-bond acceptors (Lipinski definition) is 2. The van der Waals surface area contributed by atoms with E-state index in [2.05, 4.69) is 25.9 Å². The van der Waals surface area contributed by atoms with Crippen LogP contribution in [0.1, 0.15) is 0 Å². The smallest absolute Gasteiger partial charge is 0.140 e. The van der Waals surface area contributed by atoms with Crippen LogP contribution in [0.3, 0.4) is 0 Å². The molecule has 2 heterocycles. The molecular weight excluding hydrogens is 237 g/mol. The molecule has 66 valence electrons. The fourth-order valence-electron chi connectivity index (χ4n) is 0.959. The van der Waals surface area contributed by atoms with Gasteiger partial charge in [-0.25, -0.2) is 14.4 Å². The molecule has 0 saturated heterocycles. The maximum Gasteiger partial charge on any atom is 0.140 e. The molecule has 0 bridgehead atoms. The van der Waals surface area contributed by atoms with Crippen molar-refractivity contribution in [1.82, 2.24) is 14.5 Å². The van der Waals surface area contributed by atoms with Crippen molar-refractivity contribution in [2.75, 3.05) is 0 Å². The summed E-state index contributed by atoms with van der Waals surface area (Å²) in [4.78, 5) is 7.93. The molecule has 0 atom stereocenters. The minimum absolute atomic E-state index is 0.310. The van der Waals surface area contributed by atoms with Gasteiger partial charge in [0.2, 0.25) is 0 Å². The fraction of sp³-hybridized carbons (Fsp3) is 0. The second-order valence-corrected chi connectivity index (χ2v) is 3.25. The number of imidazole rings is 1. The lowest BCUT2D eigenvalue weighted by molar-refractivity contribution is 0.623. The number of halogens is 2. The Bertz CT molecular complexity index is 427. The first kappa shape index (κ1) is 8.37. The van der Waals surface area contributed by atoms with Crippen LogP contribution in [0.4, 0.5) is 4.39 Å². The Morgan fingerprint density at radius 1 is 1.38 bits per heavy atom. The predicted octanol–water partition coefficient (Wildman–Crippen LogP) is 2.17. The van der Waals surface area contributed by atoms with E-state index in [1.807, 2.05) is 0 Å². The Kier molecular flexibility index (Phi) is 2.10. The molecule has 0 spiro atoms. The van der Waals surface area contributed by atoms with Crippen LogP contribution < -0.4 is 0 Å². The summed E-state index contributed by atoms with van der Waals surface area (Å²) in [5.74, 6) is 0.202. The van der Waals surface area contributed by atoms with Gasteiger partial charge in [-0.1, -0.05) is 0 Å². The van der Waals surface area contributed by atoms with E-state index in [9.17, 15) is 4.39 Å². The van der Waals surface area contributed by atoms with Crippen LogP contribution >= 0.6 is 15.9 Å². The summed E-state index contributed by atoms with van der Waals surface area (Å²) in [6.07, 6.45) is 4.69. The summed E-state index contributed by atoms with van der Waals surface area (Å²) >= 11 is 3.19. The van der Waals surface area contributed by atoms with Crippen LogP contribution in [0.5, 0.6) is 0 Å². The molecule has 5 heteroatoms. The van der Waals surface area contributed by atoms with Crippen molar-refractivity contribution < 1.29 is 4.39 Å². The van der Waals surface area contributed by atoms with E-state index in [0.717, 1.165) is 0 Å². The third-order valence-electron chi connectivity index (χ3n) is 1.52. The van der Waals surface area contributed by atoms with Crippen molar-refractivity contribution in [2.24, 2.45) is 0 Å². The van der Waals surface area contributed by atoms with Gasteiger partial charge in [0.1, 0.15) is 22.6 Å². The van der Waals surface area contributed by atoms with Gasteiger partial charge >= 0.3 is 0 Å². The zero-order valence-electron chi connectivity index (χ0n) is 6.48. The maximum absolute atomic E-state index is 12.8. The second kappa shape index (κ2) is 3.26. The van der Waals surface area contributed by atoms with Crippen molar-refractivity contribution >= 4 is 15.9 Å². The molecule has 0 aromatic carbocycles. The first-order valence-electron chi connectivity index (χ1n) is 3.57. The minimum Gasteiger partial charge on any atom is -0.289 e. The predicted molar refractivity (Wildman–Crippen MR) is 49.0 cm³/mol. The van der Waals surface area contributed by atoms with E-state index in [1.165, 1.54) is 18.3 Å². The van der Waals surface area contributed by atoms with Gasteiger partial charge in [-0.2, -0.15) is 0 Å². The highest BCUT2D eigenvalue weighted by molar-refractivity contribution is 9.10. The number of rotatable bonds is 1. The molecule has 0 aliphatic heterocycles. The van der Waals surface area contributed by atoms with Crippen LogP contribution in [0, 0.1) is 5.82 Å². The van der Waals surface area contributed by atoms with Crippen molar-refractivity contribution in [1.29, 1.82) is 0 Å². The molecule has 2 aromatic heterocycles. The van der Waals surface area contributed by atoms with Gasteiger partial charge in [-0.15, -0.1) is 0 Å². The second-order valence-electron chi connectivity index (χ2n) is 2.44. The van der Waals surface area contributed by atoms with Gasteiger partial charge in [0.05, 0.1) is 0 Å². The highest BCUT2D eigenvalue weighted by atomic mass is 79.9.